The Morgan fingerprint density at radius 1 is 0.913 bits per heavy atom. The number of hydrogen-bond acceptors (Lipinski definition) is 13. The molecule has 248 valence electrons. The molecule has 2 fully saturated rings. The number of thiocarbonyl (C=S) groups is 1. The van der Waals surface area contributed by atoms with Crippen LogP contribution in [0.4, 0.5) is 20.2 Å². The summed E-state index contributed by atoms with van der Waals surface area (Å²) in [6.45, 7) is 3.88. The summed E-state index contributed by atoms with van der Waals surface area (Å²) in [5, 5.41) is 4.06. The number of amides is 1. The molecule has 46 heavy (non-hydrogen) atoms. The Morgan fingerprint density at radius 2 is 1.52 bits per heavy atom. The molecular formula is C29H32F2N4O10S. The number of anilines is 2. The van der Waals surface area contributed by atoms with Crippen LogP contribution in [0.25, 0.3) is 0 Å². The molecule has 4 rings (SSSR count). The van der Waals surface area contributed by atoms with Crippen molar-refractivity contribution in [3.8, 4) is 17.2 Å². The predicted octanol–water partition coefficient (Wildman–Crippen LogP) is 2.32. The summed E-state index contributed by atoms with van der Waals surface area (Å²) in [6.07, 6.45) is -0.279. The van der Waals surface area contributed by atoms with Crippen molar-refractivity contribution in [1.82, 2.24) is 10.4 Å². The maximum atomic E-state index is 15.4. The van der Waals surface area contributed by atoms with Crippen LogP contribution in [0.3, 0.4) is 0 Å². The van der Waals surface area contributed by atoms with E-state index in [-0.39, 0.29) is 72.7 Å². The van der Waals surface area contributed by atoms with Crippen LogP contribution in [0.15, 0.2) is 24.3 Å². The Kier molecular flexibility index (Phi) is 11.3. The van der Waals surface area contributed by atoms with E-state index in [1.165, 1.54) is 24.1 Å². The quantitative estimate of drug-likeness (QED) is 0.250. The normalized spacial score (nSPS) is 16.4. The third-order valence-electron chi connectivity index (χ3n) is 6.66. The lowest BCUT2D eigenvalue weighted by Crippen LogP contribution is -2.35. The largest absolute Gasteiger partial charge is 0.474 e. The van der Waals surface area contributed by atoms with Crippen LogP contribution >= 0.6 is 12.2 Å². The van der Waals surface area contributed by atoms with Crippen molar-refractivity contribution in [2.75, 3.05) is 63.0 Å². The summed E-state index contributed by atoms with van der Waals surface area (Å²) in [6, 6.07) is 4.66. The van der Waals surface area contributed by atoms with Crippen molar-refractivity contribution < 1.29 is 56.5 Å². The smallest absolute Gasteiger partial charge is 0.308 e. The minimum atomic E-state index is -0.810. The minimum absolute atomic E-state index is 0.0158. The molecule has 0 aromatic heterocycles. The number of halogens is 2. The van der Waals surface area contributed by atoms with Crippen molar-refractivity contribution in [2.24, 2.45) is 0 Å². The monoisotopic (exact) mass is 666 g/mol. The number of hydrogen-bond donors (Lipinski definition) is 1. The molecule has 0 bridgehead atoms. The topological polar surface area (TPSA) is 145 Å². The molecule has 1 N–H and O–H groups in total. The molecule has 14 nitrogen and oxygen atoms in total. The second kappa shape index (κ2) is 15.1. The number of methoxy groups -OCH3 is 1. The molecule has 0 unspecified atom stereocenters. The third kappa shape index (κ3) is 8.55. The molecule has 0 aliphatic carbocycles. The first kappa shape index (κ1) is 34.3. The molecule has 2 aliphatic rings. The van der Waals surface area contributed by atoms with Gasteiger partial charge in [-0.25, -0.2) is 13.8 Å². The zero-order valence-corrected chi connectivity index (χ0v) is 26.2. The molecule has 1 atom stereocenters. The SMILES string of the molecule is COC(=S)NC[C@H]1CN(c2cc(F)c(N3CCON(C(=O)c4cc(OC(C)=O)c(OC(C)=O)c(OC(C)=O)c4)CC3)c(F)c2)CO1. The van der Waals surface area contributed by atoms with Gasteiger partial charge in [-0.1, -0.05) is 0 Å². The lowest BCUT2D eigenvalue weighted by Gasteiger charge is -2.25. The summed E-state index contributed by atoms with van der Waals surface area (Å²) in [5.41, 5.74) is -0.141. The van der Waals surface area contributed by atoms with E-state index >= 15 is 8.78 Å². The first-order chi connectivity index (χ1) is 21.9. The van der Waals surface area contributed by atoms with E-state index in [0.717, 1.165) is 38.0 Å². The average molecular weight is 667 g/mol. The van der Waals surface area contributed by atoms with E-state index in [4.69, 9.17) is 40.7 Å². The van der Waals surface area contributed by atoms with Gasteiger partial charge in [-0.3, -0.25) is 24.0 Å². The Bertz CT molecular complexity index is 1470. The fraction of sp³-hybridized carbons (Fsp3) is 0.414. The van der Waals surface area contributed by atoms with Gasteiger partial charge in [-0.2, -0.15) is 0 Å². The highest BCUT2D eigenvalue weighted by Gasteiger charge is 2.30. The summed E-state index contributed by atoms with van der Waals surface area (Å²) < 4.78 is 56.7. The second-order valence-corrected chi connectivity index (χ2v) is 10.5. The third-order valence-corrected chi connectivity index (χ3v) is 6.97. The zero-order chi connectivity index (χ0) is 33.5. The van der Waals surface area contributed by atoms with Crippen molar-refractivity contribution in [1.29, 1.82) is 0 Å². The molecule has 2 saturated heterocycles. The van der Waals surface area contributed by atoms with Crippen LogP contribution in [-0.2, 0) is 28.7 Å². The first-order valence-corrected chi connectivity index (χ1v) is 14.4. The number of ether oxygens (including phenoxy) is 5. The Balaban J connectivity index is 1.49. The van der Waals surface area contributed by atoms with Gasteiger partial charge in [0.25, 0.3) is 11.1 Å². The number of hydroxylamine groups is 2. The predicted molar refractivity (Wildman–Crippen MR) is 161 cm³/mol. The molecule has 2 aromatic carbocycles. The number of nitrogens with one attached hydrogen (secondary N) is 1. The van der Waals surface area contributed by atoms with Crippen LogP contribution in [-0.4, -0.2) is 93.3 Å². The summed E-state index contributed by atoms with van der Waals surface area (Å²) in [5.74, 6) is -5.86. The Hall–Kier alpha value is -4.61. The van der Waals surface area contributed by atoms with E-state index in [2.05, 4.69) is 5.32 Å². The lowest BCUT2D eigenvalue weighted by atomic mass is 10.1. The average Bonchev–Trinajstić information content (AvgIpc) is 3.33. The fourth-order valence-corrected chi connectivity index (χ4v) is 4.82. The van der Waals surface area contributed by atoms with E-state index < -0.39 is 35.4 Å². The van der Waals surface area contributed by atoms with Crippen molar-refractivity contribution >= 4 is 52.6 Å². The van der Waals surface area contributed by atoms with Crippen LogP contribution in [0.2, 0.25) is 0 Å². The molecule has 1 amide bonds. The summed E-state index contributed by atoms with van der Waals surface area (Å²) in [7, 11) is 1.44. The maximum absolute atomic E-state index is 15.4. The highest BCUT2D eigenvalue weighted by molar-refractivity contribution is 7.80. The van der Waals surface area contributed by atoms with Gasteiger partial charge in [0.15, 0.2) is 23.1 Å². The van der Waals surface area contributed by atoms with Crippen LogP contribution in [0.5, 0.6) is 17.2 Å². The zero-order valence-electron chi connectivity index (χ0n) is 25.4. The number of rotatable bonds is 8. The first-order valence-electron chi connectivity index (χ1n) is 14.0. The lowest BCUT2D eigenvalue weighted by molar-refractivity contribution is -0.135. The van der Waals surface area contributed by atoms with Gasteiger partial charge >= 0.3 is 17.9 Å². The highest BCUT2D eigenvalue weighted by atomic mass is 32.1. The molecule has 0 radical (unpaired) electrons. The molecule has 0 spiro atoms. The van der Waals surface area contributed by atoms with Crippen LogP contribution in [0.1, 0.15) is 31.1 Å². The maximum Gasteiger partial charge on any atom is 0.308 e. The van der Waals surface area contributed by atoms with E-state index in [0.29, 0.717) is 18.8 Å². The van der Waals surface area contributed by atoms with Gasteiger partial charge in [0, 0.05) is 58.2 Å². The van der Waals surface area contributed by atoms with E-state index in [1.807, 2.05) is 0 Å². The van der Waals surface area contributed by atoms with Gasteiger partial charge in [-0.05, 0) is 36.5 Å². The Labute approximate surface area is 267 Å². The highest BCUT2D eigenvalue weighted by Crippen LogP contribution is 2.40. The van der Waals surface area contributed by atoms with E-state index in [1.54, 1.807) is 4.90 Å². The molecule has 2 aliphatic heterocycles. The van der Waals surface area contributed by atoms with Gasteiger partial charge in [-0.15, -0.1) is 0 Å². The number of benzene rings is 2. The molecule has 0 saturated carbocycles. The van der Waals surface area contributed by atoms with Gasteiger partial charge < -0.3 is 38.8 Å². The van der Waals surface area contributed by atoms with Gasteiger partial charge in [0.2, 0.25) is 5.75 Å². The summed E-state index contributed by atoms with van der Waals surface area (Å²) >= 11 is 4.95. The molecule has 2 heterocycles. The number of carbonyl (C=O) groups is 4. The van der Waals surface area contributed by atoms with Gasteiger partial charge in [0.1, 0.15) is 12.4 Å². The Morgan fingerprint density at radius 3 is 2.09 bits per heavy atom. The fourth-order valence-electron chi connectivity index (χ4n) is 4.74. The summed E-state index contributed by atoms with van der Waals surface area (Å²) in [4.78, 5) is 57.3. The molecule has 17 heteroatoms. The van der Waals surface area contributed by atoms with Crippen molar-refractivity contribution in [3.63, 3.8) is 0 Å². The number of carbonyl (C=O) groups excluding carboxylic acids is 4. The van der Waals surface area contributed by atoms with Crippen molar-refractivity contribution in [3.05, 3.63) is 41.5 Å². The van der Waals surface area contributed by atoms with Crippen LogP contribution < -0.4 is 29.3 Å². The van der Waals surface area contributed by atoms with Gasteiger partial charge in [0.05, 0.1) is 26.4 Å². The number of nitrogens with zero attached hydrogens (tertiary/aromatic N) is 3. The van der Waals surface area contributed by atoms with E-state index in [9.17, 15) is 19.2 Å². The molecular weight excluding hydrogens is 634 g/mol. The van der Waals surface area contributed by atoms with Crippen LogP contribution in [0, 0.1) is 11.6 Å². The minimum Gasteiger partial charge on any atom is -0.474 e. The van der Waals surface area contributed by atoms with Crippen molar-refractivity contribution in [2.45, 2.75) is 26.9 Å². The number of esters is 3. The standard InChI is InChI=1S/C29H32F2N4O10S/c1-16(36)43-24-9-19(10-25(44-17(2)37)27(24)45-18(3)38)28(39)35-6-5-33(7-8-42-35)26-22(30)11-20(12-23(26)31)34-14-21(41-15-34)13-32-29(46)40-4/h9-12,21H,5-8,13-15H2,1-4H3,(H,32,46)/t21-/m0/s1. The second-order valence-electron chi connectivity index (χ2n) is 10.1. The molecule has 2 aromatic rings.